The van der Waals surface area contributed by atoms with Crippen molar-refractivity contribution >= 4 is 23.2 Å². The number of carbonyl (C=O) groups is 1. The lowest BCUT2D eigenvalue weighted by Crippen LogP contribution is -2.46. The quantitative estimate of drug-likeness (QED) is 0.838. The highest BCUT2D eigenvalue weighted by atomic mass is 35.5. The van der Waals surface area contributed by atoms with Gasteiger partial charge in [-0.1, -0.05) is 23.7 Å². The minimum atomic E-state index is -0.0862. The summed E-state index contributed by atoms with van der Waals surface area (Å²) in [6, 6.07) is 7.47. The summed E-state index contributed by atoms with van der Waals surface area (Å²) in [6.45, 7) is 6.77. The second-order valence-corrected chi connectivity index (χ2v) is 5.63. The maximum atomic E-state index is 11.9. The molecule has 0 aliphatic carbocycles. The SMILES string of the molecule is CC(CN1CCOCC1)NCC(=O)Nc1ccccc1Cl. The summed E-state index contributed by atoms with van der Waals surface area (Å²) in [7, 11) is 0. The maximum Gasteiger partial charge on any atom is 0.238 e. The summed E-state index contributed by atoms with van der Waals surface area (Å²) < 4.78 is 5.32. The van der Waals surface area contributed by atoms with Crippen LogP contribution in [0, 0.1) is 0 Å². The van der Waals surface area contributed by atoms with E-state index in [4.69, 9.17) is 16.3 Å². The van der Waals surface area contributed by atoms with E-state index in [9.17, 15) is 4.79 Å². The smallest absolute Gasteiger partial charge is 0.238 e. The molecule has 1 aliphatic heterocycles. The molecule has 0 radical (unpaired) electrons. The van der Waals surface area contributed by atoms with E-state index in [1.807, 2.05) is 12.1 Å². The van der Waals surface area contributed by atoms with Gasteiger partial charge in [-0.15, -0.1) is 0 Å². The molecule has 0 saturated carbocycles. The zero-order chi connectivity index (χ0) is 15.1. The van der Waals surface area contributed by atoms with E-state index >= 15 is 0 Å². The van der Waals surface area contributed by atoms with Crippen LogP contribution in [0.5, 0.6) is 0 Å². The van der Waals surface area contributed by atoms with Gasteiger partial charge in [0.05, 0.1) is 30.5 Å². The Balaban J connectivity index is 1.69. The van der Waals surface area contributed by atoms with Crippen molar-refractivity contribution < 1.29 is 9.53 Å². The van der Waals surface area contributed by atoms with Crippen molar-refractivity contribution in [3.05, 3.63) is 29.3 Å². The molecular formula is C15H22ClN3O2. The largest absolute Gasteiger partial charge is 0.379 e. The number of ether oxygens (including phenoxy) is 1. The van der Waals surface area contributed by atoms with Gasteiger partial charge in [0, 0.05) is 25.7 Å². The number of nitrogens with one attached hydrogen (secondary N) is 2. The van der Waals surface area contributed by atoms with Crippen molar-refractivity contribution in [3.8, 4) is 0 Å². The predicted molar refractivity (Wildman–Crippen MR) is 84.8 cm³/mol. The van der Waals surface area contributed by atoms with Gasteiger partial charge in [-0.05, 0) is 19.1 Å². The minimum Gasteiger partial charge on any atom is -0.379 e. The predicted octanol–water partition coefficient (Wildman–Crippen LogP) is 1.59. The lowest BCUT2D eigenvalue weighted by atomic mass is 10.2. The van der Waals surface area contributed by atoms with Crippen LogP contribution in [-0.4, -0.2) is 56.2 Å². The van der Waals surface area contributed by atoms with Crippen molar-refractivity contribution in [3.63, 3.8) is 0 Å². The van der Waals surface area contributed by atoms with Crippen LogP contribution in [0.25, 0.3) is 0 Å². The minimum absolute atomic E-state index is 0.0862. The topological polar surface area (TPSA) is 53.6 Å². The van der Waals surface area contributed by atoms with Crippen molar-refractivity contribution in [2.75, 3.05) is 44.7 Å². The fourth-order valence-electron chi connectivity index (χ4n) is 2.26. The van der Waals surface area contributed by atoms with E-state index in [0.29, 0.717) is 10.7 Å². The van der Waals surface area contributed by atoms with Gasteiger partial charge in [0.15, 0.2) is 0 Å². The van der Waals surface area contributed by atoms with Gasteiger partial charge >= 0.3 is 0 Å². The molecule has 1 heterocycles. The number of anilines is 1. The van der Waals surface area contributed by atoms with Crippen LogP contribution < -0.4 is 10.6 Å². The first-order valence-corrected chi connectivity index (χ1v) is 7.61. The third kappa shape index (κ3) is 5.63. The highest BCUT2D eigenvalue weighted by molar-refractivity contribution is 6.33. The molecule has 6 heteroatoms. The summed E-state index contributed by atoms with van der Waals surface area (Å²) in [6.07, 6.45) is 0. The third-order valence-electron chi connectivity index (χ3n) is 3.39. The number of hydrogen-bond donors (Lipinski definition) is 2. The van der Waals surface area contributed by atoms with Crippen LogP contribution in [0.1, 0.15) is 6.92 Å². The maximum absolute atomic E-state index is 11.9. The van der Waals surface area contributed by atoms with E-state index in [1.165, 1.54) is 0 Å². The van der Waals surface area contributed by atoms with Crippen LogP contribution in [-0.2, 0) is 9.53 Å². The van der Waals surface area contributed by atoms with Crippen LogP contribution in [0.15, 0.2) is 24.3 Å². The molecule has 2 N–H and O–H groups in total. The molecule has 1 aromatic carbocycles. The first kappa shape index (κ1) is 16.2. The number of halogens is 1. The molecule has 1 fully saturated rings. The van der Waals surface area contributed by atoms with Gasteiger partial charge in [-0.3, -0.25) is 9.69 Å². The number of nitrogens with zero attached hydrogens (tertiary/aromatic N) is 1. The van der Waals surface area contributed by atoms with Gasteiger partial charge in [-0.2, -0.15) is 0 Å². The average Bonchev–Trinajstić information content (AvgIpc) is 2.49. The van der Waals surface area contributed by atoms with Crippen molar-refractivity contribution in [2.45, 2.75) is 13.0 Å². The lowest BCUT2D eigenvalue weighted by molar-refractivity contribution is -0.115. The normalized spacial score (nSPS) is 17.4. The molecule has 1 aliphatic rings. The fraction of sp³-hybridized carbons (Fsp3) is 0.533. The Hall–Kier alpha value is -1.14. The highest BCUT2D eigenvalue weighted by Crippen LogP contribution is 2.19. The van der Waals surface area contributed by atoms with E-state index in [1.54, 1.807) is 12.1 Å². The molecule has 1 aromatic rings. The molecule has 1 atom stereocenters. The van der Waals surface area contributed by atoms with Gasteiger partial charge in [-0.25, -0.2) is 0 Å². The van der Waals surface area contributed by atoms with E-state index in [-0.39, 0.29) is 18.5 Å². The van der Waals surface area contributed by atoms with Crippen molar-refractivity contribution in [1.29, 1.82) is 0 Å². The van der Waals surface area contributed by atoms with Crippen LogP contribution in [0.2, 0.25) is 5.02 Å². The Labute approximate surface area is 130 Å². The zero-order valence-corrected chi connectivity index (χ0v) is 13.0. The Morgan fingerprint density at radius 3 is 2.81 bits per heavy atom. The number of hydrogen-bond acceptors (Lipinski definition) is 4. The Morgan fingerprint density at radius 2 is 2.10 bits per heavy atom. The van der Waals surface area contributed by atoms with Gasteiger partial charge in [0.2, 0.25) is 5.91 Å². The standard InChI is InChI=1S/C15H22ClN3O2/c1-12(11-19-6-8-21-9-7-19)17-10-15(20)18-14-5-3-2-4-13(14)16/h2-5,12,17H,6-11H2,1H3,(H,18,20). The Bertz CT molecular complexity index is 464. The van der Waals surface area contributed by atoms with Gasteiger partial charge in [0.25, 0.3) is 0 Å². The second kappa shape index (κ2) is 8.34. The summed E-state index contributed by atoms with van der Waals surface area (Å²) in [4.78, 5) is 14.2. The lowest BCUT2D eigenvalue weighted by Gasteiger charge is -2.29. The molecule has 0 spiro atoms. The molecule has 1 saturated heterocycles. The molecule has 1 amide bonds. The molecule has 21 heavy (non-hydrogen) atoms. The number of morpholine rings is 1. The summed E-state index contributed by atoms with van der Waals surface area (Å²) >= 11 is 6.01. The molecule has 1 unspecified atom stereocenters. The van der Waals surface area contributed by atoms with Crippen molar-refractivity contribution in [1.82, 2.24) is 10.2 Å². The first-order chi connectivity index (χ1) is 10.1. The number of amides is 1. The molecule has 0 bridgehead atoms. The fourth-order valence-corrected chi connectivity index (χ4v) is 2.44. The number of rotatable bonds is 6. The van der Waals surface area contributed by atoms with E-state index in [2.05, 4.69) is 22.5 Å². The Morgan fingerprint density at radius 1 is 1.38 bits per heavy atom. The monoisotopic (exact) mass is 311 g/mol. The molecule has 5 nitrogen and oxygen atoms in total. The average molecular weight is 312 g/mol. The summed E-state index contributed by atoms with van der Waals surface area (Å²) in [5.74, 6) is -0.0862. The van der Waals surface area contributed by atoms with Crippen LogP contribution in [0.4, 0.5) is 5.69 Å². The molecular weight excluding hydrogens is 290 g/mol. The van der Waals surface area contributed by atoms with E-state index in [0.717, 1.165) is 32.8 Å². The summed E-state index contributed by atoms with van der Waals surface area (Å²) in [5, 5.41) is 6.58. The summed E-state index contributed by atoms with van der Waals surface area (Å²) in [5.41, 5.74) is 0.645. The van der Waals surface area contributed by atoms with Crippen molar-refractivity contribution in [2.24, 2.45) is 0 Å². The third-order valence-corrected chi connectivity index (χ3v) is 3.72. The number of carbonyl (C=O) groups excluding carboxylic acids is 1. The first-order valence-electron chi connectivity index (χ1n) is 7.23. The second-order valence-electron chi connectivity index (χ2n) is 5.22. The van der Waals surface area contributed by atoms with Gasteiger partial charge in [0.1, 0.15) is 0 Å². The van der Waals surface area contributed by atoms with Crippen LogP contribution in [0.3, 0.4) is 0 Å². The zero-order valence-electron chi connectivity index (χ0n) is 12.3. The molecule has 0 aromatic heterocycles. The van der Waals surface area contributed by atoms with Gasteiger partial charge < -0.3 is 15.4 Å². The van der Waals surface area contributed by atoms with E-state index < -0.39 is 0 Å². The Kier molecular flexibility index (Phi) is 6.45. The van der Waals surface area contributed by atoms with Crippen LogP contribution >= 0.6 is 11.6 Å². The molecule has 116 valence electrons. The number of para-hydroxylation sites is 1. The molecule has 2 rings (SSSR count). The highest BCUT2D eigenvalue weighted by Gasteiger charge is 2.14. The number of benzene rings is 1.